The topological polar surface area (TPSA) is 55.4 Å². The minimum absolute atomic E-state index is 0.215. The minimum atomic E-state index is -1.02. The summed E-state index contributed by atoms with van der Waals surface area (Å²) < 4.78 is 20.2. The Morgan fingerprint density at radius 1 is 1.33 bits per heavy atom. The van der Waals surface area contributed by atoms with E-state index in [9.17, 15) is 14.3 Å². The highest BCUT2D eigenvalue weighted by Crippen LogP contribution is 2.31. The highest BCUT2D eigenvalue weighted by molar-refractivity contribution is 9.10. The van der Waals surface area contributed by atoms with Crippen LogP contribution in [0.3, 0.4) is 0 Å². The third kappa shape index (κ3) is 2.30. The molecule has 0 amide bonds. The van der Waals surface area contributed by atoms with Crippen LogP contribution < -0.4 is 5.76 Å². The molecular formula is C15H11BrFNO3. The van der Waals surface area contributed by atoms with Gasteiger partial charge in [0, 0.05) is 12.6 Å². The van der Waals surface area contributed by atoms with Gasteiger partial charge in [0.15, 0.2) is 5.58 Å². The van der Waals surface area contributed by atoms with Gasteiger partial charge in [0.1, 0.15) is 11.9 Å². The molecule has 0 aliphatic rings. The summed E-state index contributed by atoms with van der Waals surface area (Å²) in [6, 6.07) is 9.41. The zero-order valence-corrected chi connectivity index (χ0v) is 12.6. The number of halogens is 2. The first-order valence-corrected chi connectivity index (χ1v) is 7.00. The molecule has 2 aromatic carbocycles. The van der Waals surface area contributed by atoms with E-state index in [2.05, 4.69) is 15.9 Å². The fourth-order valence-electron chi connectivity index (χ4n) is 2.23. The molecule has 1 atom stereocenters. The van der Waals surface area contributed by atoms with Crippen molar-refractivity contribution in [3.8, 4) is 0 Å². The molecule has 0 saturated heterocycles. The number of hydrogen-bond acceptors (Lipinski definition) is 3. The zero-order valence-electron chi connectivity index (χ0n) is 11.0. The van der Waals surface area contributed by atoms with E-state index < -0.39 is 17.7 Å². The summed E-state index contributed by atoms with van der Waals surface area (Å²) in [7, 11) is 1.60. The van der Waals surface area contributed by atoms with E-state index >= 15 is 0 Å². The van der Waals surface area contributed by atoms with E-state index in [4.69, 9.17) is 4.42 Å². The standard InChI is InChI=1S/C15H11BrFNO3/c1-18-11-6-5-8(7-12(11)21-15(18)20)14(19)9-3-2-4-10(17)13(9)16/h2-7,14,19H,1H3. The molecule has 0 bridgehead atoms. The molecule has 4 nitrogen and oxygen atoms in total. The molecule has 0 aliphatic carbocycles. The largest absolute Gasteiger partial charge is 0.419 e. The maximum Gasteiger partial charge on any atom is 0.419 e. The Balaban J connectivity index is 2.11. The number of aliphatic hydroxyl groups is 1. The number of oxazole rings is 1. The van der Waals surface area contributed by atoms with E-state index in [1.54, 1.807) is 31.3 Å². The monoisotopic (exact) mass is 351 g/mol. The molecule has 21 heavy (non-hydrogen) atoms. The number of aryl methyl sites for hydroxylation is 1. The summed E-state index contributed by atoms with van der Waals surface area (Å²) in [5.41, 5.74) is 1.94. The highest BCUT2D eigenvalue weighted by atomic mass is 79.9. The Morgan fingerprint density at radius 3 is 2.86 bits per heavy atom. The van der Waals surface area contributed by atoms with E-state index in [-0.39, 0.29) is 4.47 Å². The van der Waals surface area contributed by atoms with E-state index in [0.717, 1.165) is 0 Å². The number of fused-ring (bicyclic) bond motifs is 1. The molecule has 1 aromatic heterocycles. The smallest absolute Gasteiger partial charge is 0.408 e. The van der Waals surface area contributed by atoms with Crippen molar-refractivity contribution in [1.29, 1.82) is 0 Å². The van der Waals surface area contributed by atoms with Gasteiger partial charge in [-0.25, -0.2) is 9.18 Å². The molecule has 3 aromatic rings. The molecule has 1 N–H and O–H groups in total. The molecule has 1 heterocycles. The summed E-state index contributed by atoms with van der Waals surface area (Å²) in [4.78, 5) is 11.5. The van der Waals surface area contributed by atoms with Crippen molar-refractivity contribution in [2.75, 3.05) is 0 Å². The first-order chi connectivity index (χ1) is 9.99. The van der Waals surface area contributed by atoms with Gasteiger partial charge in [-0.3, -0.25) is 4.57 Å². The first kappa shape index (κ1) is 14.0. The third-order valence-electron chi connectivity index (χ3n) is 3.41. The van der Waals surface area contributed by atoms with Crippen LogP contribution in [0.25, 0.3) is 11.1 Å². The Bertz CT molecular complexity index is 884. The van der Waals surface area contributed by atoms with Crippen LogP contribution in [0.5, 0.6) is 0 Å². The lowest BCUT2D eigenvalue weighted by atomic mass is 10.0. The molecule has 3 rings (SSSR count). The third-order valence-corrected chi connectivity index (χ3v) is 4.24. The fraction of sp³-hybridized carbons (Fsp3) is 0.133. The van der Waals surface area contributed by atoms with Crippen molar-refractivity contribution < 1.29 is 13.9 Å². The highest BCUT2D eigenvalue weighted by Gasteiger charge is 2.17. The summed E-state index contributed by atoms with van der Waals surface area (Å²) >= 11 is 3.13. The van der Waals surface area contributed by atoms with Gasteiger partial charge in [0.25, 0.3) is 0 Å². The molecular weight excluding hydrogens is 341 g/mol. The van der Waals surface area contributed by atoms with Crippen LogP contribution in [0.4, 0.5) is 4.39 Å². The van der Waals surface area contributed by atoms with Crippen LogP contribution >= 0.6 is 15.9 Å². The van der Waals surface area contributed by atoms with E-state index in [1.165, 1.54) is 16.7 Å². The van der Waals surface area contributed by atoms with Gasteiger partial charge < -0.3 is 9.52 Å². The Hall–Kier alpha value is -1.92. The molecule has 0 radical (unpaired) electrons. The van der Waals surface area contributed by atoms with Gasteiger partial charge >= 0.3 is 5.76 Å². The Morgan fingerprint density at radius 2 is 2.10 bits per heavy atom. The second-order valence-electron chi connectivity index (χ2n) is 4.70. The van der Waals surface area contributed by atoms with Gasteiger partial charge in [-0.15, -0.1) is 0 Å². The normalized spacial score (nSPS) is 12.8. The number of benzene rings is 2. The number of hydrogen-bond donors (Lipinski definition) is 1. The molecule has 1 unspecified atom stereocenters. The maximum absolute atomic E-state index is 13.5. The SMILES string of the molecule is Cn1c(=O)oc2cc(C(O)c3cccc(F)c3Br)ccc21. The van der Waals surface area contributed by atoms with Crippen molar-refractivity contribution in [3.63, 3.8) is 0 Å². The number of aromatic nitrogens is 1. The van der Waals surface area contributed by atoms with Crippen LogP contribution in [0.2, 0.25) is 0 Å². The first-order valence-electron chi connectivity index (χ1n) is 6.20. The molecule has 0 saturated carbocycles. The number of rotatable bonds is 2. The average Bonchev–Trinajstić information content (AvgIpc) is 2.76. The molecule has 6 heteroatoms. The van der Waals surface area contributed by atoms with Crippen molar-refractivity contribution in [2.24, 2.45) is 7.05 Å². The number of nitrogens with zero attached hydrogens (tertiary/aromatic N) is 1. The Kier molecular flexibility index (Phi) is 3.43. The molecule has 0 spiro atoms. The molecule has 108 valence electrons. The van der Waals surface area contributed by atoms with Gasteiger partial charge in [0.05, 0.1) is 9.99 Å². The predicted molar refractivity (Wildman–Crippen MR) is 79.6 cm³/mol. The van der Waals surface area contributed by atoms with Gasteiger partial charge in [-0.05, 0) is 39.7 Å². The van der Waals surface area contributed by atoms with E-state index in [1.807, 2.05) is 0 Å². The van der Waals surface area contributed by atoms with Crippen LogP contribution in [-0.2, 0) is 7.05 Å². The quantitative estimate of drug-likeness (QED) is 0.771. The summed E-state index contributed by atoms with van der Waals surface area (Å²) in [6.07, 6.45) is -1.02. The van der Waals surface area contributed by atoms with E-state index in [0.29, 0.717) is 22.2 Å². The summed E-state index contributed by atoms with van der Waals surface area (Å²) in [6.45, 7) is 0. The van der Waals surface area contributed by atoms with Crippen LogP contribution in [-0.4, -0.2) is 9.67 Å². The van der Waals surface area contributed by atoms with Crippen molar-refractivity contribution in [2.45, 2.75) is 6.10 Å². The van der Waals surface area contributed by atoms with Crippen molar-refractivity contribution >= 4 is 27.0 Å². The summed E-state index contributed by atoms with van der Waals surface area (Å²) in [5, 5.41) is 10.4. The van der Waals surface area contributed by atoms with Crippen molar-refractivity contribution in [1.82, 2.24) is 4.57 Å². The lowest BCUT2D eigenvalue weighted by Gasteiger charge is -2.13. The lowest BCUT2D eigenvalue weighted by Crippen LogP contribution is -2.08. The lowest BCUT2D eigenvalue weighted by molar-refractivity contribution is 0.219. The Labute approximate surface area is 127 Å². The average molecular weight is 352 g/mol. The van der Waals surface area contributed by atoms with Crippen LogP contribution in [0.1, 0.15) is 17.2 Å². The number of aliphatic hydroxyl groups excluding tert-OH is 1. The van der Waals surface area contributed by atoms with Crippen LogP contribution in [0, 0.1) is 5.82 Å². The van der Waals surface area contributed by atoms with Gasteiger partial charge in [-0.2, -0.15) is 0 Å². The second kappa shape index (κ2) is 5.13. The van der Waals surface area contributed by atoms with Crippen molar-refractivity contribution in [3.05, 3.63) is 68.4 Å². The second-order valence-corrected chi connectivity index (χ2v) is 5.49. The maximum atomic E-state index is 13.5. The van der Waals surface area contributed by atoms with Gasteiger partial charge in [0.2, 0.25) is 0 Å². The molecule has 0 fully saturated rings. The molecule has 0 aliphatic heterocycles. The van der Waals surface area contributed by atoms with Gasteiger partial charge in [-0.1, -0.05) is 18.2 Å². The minimum Gasteiger partial charge on any atom is -0.408 e. The fourth-order valence-corrected chi connectivity index (χ4v) is 2.71. The van der Waals surface area contributed by atoms with Crippen LogP contribution in [0.15, 0.2) is 50.1 Å². The summed E-state index contributed by atoms with van der Waals surface area (Å²) in [5.74, 6) is -0.914. The predicted octanol–water partition coefficient (Wildman–Crippen LogP) is 3.11. The zero-order chi connectivity index (χ0) is 15.1.